The molecule has 0 unspecified atom stereocenters. The molecule has 0 saturated carbocycles. The number of rotatable bonds is 4. The number of aldehydes is 1. The minimum Gasteiger partial charge on any atom is -0.481 e. The van der Waals surface area contributed by atoms with E-state index in [1.807, 2.05) is 24.3 Å². The van der Waals surface area contributed by atoms with Crippen LogP contribution < -0.4 is 4.74 Å². The number of pyridine rings is 2. The molecule has 28 heavy (non-hydrogen) atoms. The lowest BCUT2D eigenvalue weighted by Gasteiger charge is -2.06. The highest BCUT2D eigenvalue weighted by Crippen LogP contribution is 2.23. The van der Waals surface area contributed by atoms with Crippen molar-refractivity contribution in [2.45, 2.75) is 6.54 Å². The first kappa shape index (κ1) is 19.7. The van der Waals surface area contributed by atoms with Crippen molar-refractivity contribution < 1.29 is 14.3 Å². The van der Waals surface area contributed by atoms with Crippen LogP contribution in [0.4, 0.5) is 0 Å². The molecule has 0 radical (unpaired) electrons. The van der Waals surface area contributed by atoms with Gasteiger partial charge in [-0.1, -0.05) is 17.7 Å². The zero-order valence-electron chi connectivity index (χ0n) is 15.7. The fourth-order valence-electron chi connectivity index (χ4n) is 2.82. The maximum absolute atomic E-state index is 11.3. The van der Waals surface area contributed by atoms with Gasteiger partial charge in [0.15, 0.2) is 6.29 Å². The highest BCUT2D eigenvalue weighted by molar-refractivity contribution is 6.31. The fraction of sp³-hybridized carbons (Fsp3) is 0.200. The number of carbonyl (C=O) groups excluding carboxylic acids is 1. The largest absolute Gasteiger partial charge is 0.481 e. The Balaban J connectivity index is 0.000000706. The van der Waals surface area contributed by atoms with E-state index in [0.29, 0.717) is 28.5 Å². The Bertz CT molecular complexity index is 1130. The quantitative estimate of drug-likeness (QED) is 0.487. The van der Waals surface area contributed by atoms with E-state index < -0.39 is 0 Å². The third kappa shape index (κ3) is 4.11. The number of nitrogens with zero attached hydrogens (tertiary/aromatic N) is 4. The molecule has 0 amide bonds. The van der Waals surface area contributed by atoms with Crippen molar-refractivity contribution in [3.05, 3.63) is 59.0 Å². The van der Waals surface area contributed by atoms with Crippen LogP contribution >= 0.6 is 11.6 Å². The second-order valence-corrected chi connectivity index (χ2v) is 6.43. The van der Waals surface area contributed by atoms with Gasteiger partial charge in [0.05, 0.1) is 35.9 Å². The first-order valence-electron chi connectivity index (χ1n) is 8.39. The van der Waals surface area contributed by atoms with Crippen molar-refractivity contribution in [2.75, 3.05) is 21.3 Å². The number of hydrogen-bond donors (Lipinski definition) is 0. The Morgan fingerprint density at radius 1 is 1.11 bits per heavy atom. The van der Waals surface area contributed by atoms with Crippen LogP contribution in [0.15, 0.2) is 42.7 Å². The summed E-state index contributed by atoms with van der Waals surface area (Å²) in [6.07, 6.45) is 4.02. The first-order valence-corrected chi connectivity index (χ1v) is 8.77. The summed E-state index contributed by atoms with van der Waals surface area (Å²) >= 11 is 6.02. The molecule has 144 valence electrons. The van der Waals surface area contributed by atoms with Crippen LogP contribution in [-0.2, 0) is 11.3 Å². The first-order chi connectivity index (χ1) is 13.6. The summed E-state index contributed by atoms with van der Waals surface area (Å²) < 4.78 is 11.1. The zero-order valence-corrected chi connectivity index (χ0v) is 16.5. The lowest BCUT2D eigenvalue weighted by molar-refractivity contribution is 0.111. The summed E-state index contributed by atoms with van der Waals surface area (Å²) in [5, 5.41) is 6.65. The smallest absolute Gasteiger partial charge is 0.213 e. The van der Waals surface area contributed by atoms with Gasteiger partial charge >= 0.3 is 0 Å². The molecule has 0 aliphatic rings. The van der Waals surface area contributed by atoms with E-state index in [4.69, 9.17) is 16.3 Å². The summed E-state index contributed by atoms with van der Waals surface area (Å²) in [5.41, 5.74) is 3.03. The molecule has 1 aromatic carbocycles. The molecule has 0 N–H and O–H groups in total. The van der Waals surface area contributed by atoms with Gasteiger partial charge in [0.25, 0.3) is 0 Å². The number of aromatic nitrogens is 4. The van der Waals surface area contributed by atoms with Crippen LogP contribution in [0.25, 0.3) is 21.8 Å². The van der Waals surface area contributed by atoms with Crippen LogP contribution in [-0.4, -0.2) is 47.4 Å². The molecular weight excluding hydrogens is 380 g/mol. The summed E-state index contributed by atoms with van der Waals surface area (Å²) in [4.78, 5) is 19.8. The molecule has 4 aromatic rings. The third-order valence-corrected chi connectivity index (χ3v) is 4.21. The van der Waals surface area contributed by atoms with Crippen molar-refractivity contribution in [1.82, 2.24) is 19.7 Å². The Kier molecular flexibility index (Phi) is 6.18. The maximum atomic E-state index is 11.3. The van der Waals surface area contributed by atoms with Crippen LogP contribution in [0.2, 0.25) is 5.02 Å². The molecule has 0 aliphatic carbocycles. The van der Waals surface area contributed by atoms with Crippen molar-refractivity contribution in [3.8, 4) is 5.88 Å². The number of ether oxygens (including phenoxy) is 2. The molecule has 0 atom stereocenters. The van der Waals surface area contributed by atoms with E-state index in [1.54, 1.807) is 37.4 Å². The van der Waals surface area contributed by atoms with Crippen LogP contribution in [0.1, 0.15) is 16.1 Å². The van der Waals surface area contributed by atoms with Gasteiger partial charge in [0, 0.05) is 37.3 Å². The van der Waals surface area contributed by atoms with E-state index in [0.717, 1.165) is 28.3 Å². The van der Waals surface area contributed by atoms with Crippen molar-refractivity contribution in [3.63, 3.8) is 0 Å². The molecule has 4 rings (SSSR count). The monoisotopic (exact) mass is 398 g/mol. The van der Waals surface area contributed by atoms with E-state index in [2.05, 4.69) is 19.8 Å². The van der Waals surface area contributed by atoms with Gasteiger partial charge in [0.2, 0.25) is 5.88 Å². The van der Waals surface area contributed by atoms with Crippen LogP contribution in [0.3, 0.4) is 0 Å². The van der Waals surface area contributed by atoms with E-state index in [1.165, 1.54) is 7.11 Å². The number of hydrogen-bond acceptors (Lipinski definition) is 6. The lowest BCUT2D eigenvalue weighted by atomic mass is 10.1. The summed E-state index contributed by atoms with van der Waals surface area (Å²) in [5.74, 6) is 0.446. The second-order valence-electron chi connectivity index (χ2n) is 5.99. The summed E-state index contributed by atoms with van der Waals surface area (Å²) in [6, 6.07) is 9.52. The van der Waals surface area contributed by atoms with Gasteiger partial charge < -0.3 is 9.47 Å². The molecule has 0 fully saturated rings. The highest BCUT2D eigenvalue weighted by Gasteiger charge is 2.12. The molecular formula is C20H19ClN4O3. The Morgan fingerprint density at radius 3 is 2.61 bits per heavy atom. The highest BCUT2D eigenvalue weighted by atomic mass is 35.5. The Labute approximate surface area is 166 Å². The standard InChI is InChI=1S/C18H13ClN4O2.C2H6O/c1-25-18-6-14-16(10-24)22-23(17(14)8-21-18)9-11-2-3-15-12(4-11)5-13(19)7-20-15;1-3-2/h2-8,10H,9H2,1H3;1-2H3. The molecule has 0 aliphatic heterocycles. The minimum absolute atomic E-state index is 0.362. The van der Waals surface area contributed by atoms with Gasteiger partial charge in [-0.25, -0.2) is 4.98 Å². The predicted molar refractivity (Wildman–Crippen MR) is 108 cm³/mol. The number of methoxy groups -OCH3 is 2. The number of halogens is 1. The van der Waals surface area contributed by atoms with Crippen molar-refractivity contribution >= 4 is 39.7 Å². The normalized spacial score (nSPS) is 10.6. The van der Waals surface area contributed by atoms with Gasteiger partial charge in [-0.05, 0) is 23.8 Å². The molecule has 0 saturated heterocycles. The third-order valence-electron chi connectivity index (χ3n) is 4.01. The zero-order chi connectivity index (χ0) is 20.1. The summed E-state index contributed by atoms with van der Waals surface area (Å²) in [7, 11) is 4.79. The second kappa shape index (κ2) is 8.77. The minimum atomic E-state index is 0.362. The molecule has 0 bridgehead atoms. The predicted octanol–water partition coefficient (Wildman–Crippen LogP) is 3.76. The van der Waals surface area contributed by atoms with Crippen molar-refractivity contribution in [1.29, 1.82) is 0 Å². The lowest BCUT2D eigenvalue weighted by Crippen LogP contribution is -2.02. The van der Waals surface area contributed by atoms with E-state index >= 15 is 0 Å². The van der Waals surface area contributed by atoms with Gasteiger partial charge in [0.1, 0.15) is 5.69 Å². The molecule has 3 aromatic heterocycles. The van der Waals surface area contributed by atoms with E-state index in [9.17, 15) is 4.79 Å². The number of carbonyl (C=O) groups is 1. The maximum Gasteiger partial charge on any atom is 0.213 e. The number of benzene rings is 1. The Morgan fingerprint density at radius 2 is 1.89 bits per heavy atom. The summed E-state index contributed by atoms with van der Waals surface area (Å²) in [6.45, 7) is 0.501. The van der Waals surface area contributed by atoms with Gasteiger partial charge in [-0.2, -0.15) is 5.10 Å². The average molecular weight is 399 g/mol. The molecule has 8 heteroatoms. The van der Waals surface area contributed by atoms with E-state index in [-0.39, 0.29) is 0 Å². The molecule has 7 nitrogen and oxygen atoms in total. The SMILES string of the molecule is COC.COc1cc2c(C=O)nn(Cc3ccc4ncc(Cl)cc4c3)c2cn1. The van der Waals surface area contributed by atoms with Gasteiger partial charge in [-0.15, -0.1) is 0 Å². The number of fused-ring (bicyclic) bond motifs is 2. The van der Waals surface area contributed by atoms with Crippen LogP contribution in [0, 0.1) is 0 Å². The van der Waals surface area contributed by atoms with Crippen LogP contribution in [0.5, 0.6) is 5.88 Å². The fourth-order valence-corrected chi connectivity index (χ4v) is 2.99. The molecule has 0 spiro atoms. The topological polar surface area (TPSA) is 79.1 Å². The Hall–Kier alpha value is -3.03. The average Bonchev–Trinajstić information content (AvgIpc) is 3.05. The van der Waals surface area contributed by atoms with Crippen molar-refractivity contribution in [2.24, 2.45) is 0 Å². The molecule has 3 heterocycles. The van der Waals surface area contributed by atoms with Gasteiger partial charge in [-0.3, -0.25) is 14.5 Å².